The Labute approximate surface area is 88.7 Å². The molecule has 0 aromatic heterocycles. The van der Waals surface area contributed by atoms with Gasteiger partial charge >= 0.3 is 23.1 Å². The maximum absolute atomic E-state index is 3.85. The molecule has 0 N–H and O–H groups in total. The molecule has 0 aliphatic heterocycles. The van der Waals surface area contributed by atoms with Gasteiger partial charge in [-0.25, -0.2) is 0 Å². The third-order valence-corrected chi connectivity index (χ3v) is 1.58. The predicted octanol–water partition coefficient (Wildman–Crippen LogP) is 2.01. The van der Waals surface area contributed by atoms with Crippen molar-refractivity contribution in [2.24, 2.45) is 0 Å². The zero-order valence-corrected chi connectivity index (χ0v) is 10.1. The van der Waals surface area contributed by atoms with Gasteiger partial charge in [0.05, 0.1) is 0 Å². The summed E-state index contributed by atoms with van der Waals surface area (Å²) in [5.41, 5.74) is 0. The molecule has 1 nitrogen and oxygen atoms in total. The minimum atomic E-state index is 0. The largest absolute Gasteiger partial charge is 2.00 e. The Morgan fingerprint density at radius 2 is 1.36 bits per heavy atom. The van der Waals surface area contributed by atoms with Gasteiger partial charge in [-0.1, -0.05) is 0 Å². The van der Waals surface area contributed by atoms with Crippen LogP contribution in [0.1, 0.15) is 27.7 Å². The predicted molar refractivity (Wildman–Crippen MR) is 54.5 cm³/mol. The van der Waals surface area contributed by atoms with E-state index >= 15 is 0 Å². The summed E-state index contributed by atoms with van der Waals surface area (Å²) in [5, 5.41) is 0. The summed E-state index contributed by atoms with van der Waals surface area (Å²) in [4.78, 5) is 2.35. The molecule has 0 bridgehead atoms. The van der Waals surface area contributed by atoms with Gasteiger partial charge in [-0.2, -0.15) is 0 Å². The fourth-order valence-corrected chi connectivity index (χ4v) is 1.11. The van der Waals surface area contributed by atoms with Crippen LogP contribution < -0.4 is 0 Å². The smallest absolute Gasteiger partial charge is 0.358 e. The SMILES string of the molecule is [CH2-]CN(C(C)C)C(C)C.[CH3-].[Mg+2]. The second-order valence-electron chi connectivity index (χ2n) is 2.93. The normalized spacial score (nSPS) is 9.82. The summed E-state index contributed by atoms with van der Waals surface area (Å²) < 4.78 is 0. The van der Waals surface area contributed by atoms with E-state index < -0.39 is 0 Å². The first-order valence-electron chi connectivity index (χ1n) is 3.64. The molecule has 0 rings (SSSR count). The van der Waals surface area contributed by atoms with Gasteiger partial charge in [-0.3, -0.25) is 0 Å². The third-order valence-electron chi connectivity index (χ3n) is 1.58. The van der Waals surface area contributed by atoms with Gasteiger partial charge in [0.1, 0.15) is 0 Å². The first kappa shape index (κ1) is 17.7. The third kappa shape index (κ3) is 7.10. The molecule has 0 aliphatic carbocycles. The van der Waals surface area contributed by atoms with Crippen molar-refractivity contribution in [1.29, 1.82) is 0 Å². The molecule has 0 aromatic carbocycles. The van der Waals surface area contributed by atoms with Crippen molar-refractivity contribution >= 4 is 23.1 Å². The van der Waals surface area contributed by atoms with Crippen molar-refractivity contribution < 1.29 is 0 Å². The Hall–Kier alpha value is 0.726. The van der Waals surface area contributed by atoms with E-state index in [0.717, 1.165) is 6.54 Å². The van der Waals surface area contributed by atoms with E-state index in [4.69, 9.17) is 0 Å². The van der Waals surface area contributed by atoms with E-state index in [0.29, 0.717) is 12.1 Å². The molecule has 0 saturated carbocycles. The molecule has 0 aliphatic rings. The molecule has 0 radical (unpaired) electrons. The maximum atomic E-state index is 3.85. The number of nitrogens with zero attached hydrogens (tertiary/aromatic N) is 1. The first-order valence-corrected chi connectivity index (χ1v) is 3.64. The van der Waals surface area contributed by atoms with Crippen LogP contribution in [0.15, 0.2) is 0 Å². The summed E-state index contributed by atoms with van der Waals surface area (Å²) in [6, 6.07) is 1.25. The molecule has 0 unspecified atom stereocenters. The van der Waals surface area contributed by atoms with E-state index in [1.165, 1.54) is 0 Å². The van der Waals surface area contributed by atoms with Gasteiger partial charge in [-0.15, -0.1) is 6.54 Å². The topological polar surface area (TPSA) is 3.24 Å². The molecule has 0 amide bonds. The Balaban J connectivity index is -0.000000320. The molecular formula is C9H21MgN. The van der Waals surface area contributed by atoms with Gasteiger partial charge in [0.15, 0.2) is 0 Å². The molecule has 0 saturated heterocycles. The van der Waals surface area contributed by atoms with E-state index in [9.17, 15) is 0 Å². The Morgan fingerprint density at radius 3 is 1.36 bits per heavy atom. The number of hydrogen-bond acceptors (Lipinski definition) is 1. The van der Waals surface area contributed by atoms with Crippen molar-refractivity contribution in [1.82, 2.24) is 4.90 Å². The van der Waals surface area contributed by atoms with Crippen LogP contribution in [-0.2, 0) is 0 Å². The van der Waals surface area contributed by atoms with E-state index in [1.54, 1.807) is 0 Å². The van der Waals surface area contributed by atoms with Crippen LogP contribution in [0, 0.1) is 14.4 Å². The molecule has 0 fully saturated rings. The van der Waals surface area contributed by atoms with Crippen LogP contribution in [0.3, 0.4) is 0 Å². The van der Waals surface area contributed by atoms with Crippen LogP contribution in [0.25, 0.3) is 0 Å². The van der Waals surface area contributed by atoms with E-state index in [1.807, 2.05) is 0 Å². The molecular weight excluding hydrogens is 146 g/mol. The van der Waals surface area contributed by atoms with Crippen molar-refractivity contribution in [2.75, 3.05) is 6.54 Å². The van der Waals surface area contributed by atoms with Gasteiger partial charge in [0.25, 0.3) is 0 Å². The van der Waals surface area contributed by atoms with Crippen LogP contribution in [-0.4, -0.2) is 46.6 Å². The Bertz CT molecular complexity index is 64.0. The maximum Gasteiger partial charge on any atom is 2.00 e. The summed E-state index contributed by atoms with van der Waals surface area (Å²) in [5.74, 6) is 0. The van der Waals surface area contributed by atoms with E-state index in [2.05, 4.69) is 39.5 Å². The van der Waals surface area contributed by atoms with Crippen molar-refractivity contribution in [3.63, 3.8) is 0 Å². The average Bonchev–Trinajstić information content (AvgIpc) is 1.64. The monoisotopic (exact) mass is 167 g/mol. The second-order valence-corrected chi connectivity index (χ2v) is 2.93. The van der Waals surface area contributed by atoms with Crippen molar-refractivity contribution in [3.8, 4) is 0 Å². The zero-order chi connectivity index (χ0) is 7.44. The van der Waals surface area contributed by atoms with Gasteiger partial charge in [0.2, 0.25) is 0 Å². The number of rotatable bonds is 3. The van der Waals surface area contributed by atoms with Crippen LogP contribution in [0.4, 0.5) is 0 Å². The summed E-state index contributed by atoms with van der Waals surface area (Å²) in [7, 11) is 0. The molecule has 0 spiro atoms. The molecule has 64 valence electrons. The Kier molecular flexibility index (Phi) is 14.2. The minimum Gasteiger partial charge on any atom is -0.358 e. The molecule has 0 aromatic rings. The van der Waals surface area contributed by atoms with Crippen LogP contribution in [0.2, 0.25) is 0 Å². The summed E-state index contributed by atoms with van der Waals surface area (Å²) in [6.45, 7) is 13.6. The van der Waals surface area contributed by atoms with Gasteiger partial charge in [-0.05, 0) is 27.7 Å². The summed E-state index contributed by atoms with van der Waals surface area (Å²) >= 11 is 0. The fraction of sp³-hybridized carbons (Fsp3) is 0.778. The Morgan fingerprint density at radius 1 is 1.09 bits per heavy atom. The van der Waals surface area contributed by atoms with Crippen LogP contribution in [0.5, 0.6) is 0 Å². The first-order chi connectivity index (χ1) is 4.09. The van der Waals surface area contributed by atoms with Gasteiger partial charge in [0, 0.05) is 12.1 Å². The van der Waals surface area contributed by atoms with Crippen molar-refractivity contribution in [3.05, 3.63) is 14.4 Å². The molecule has 0 atom stereocenters. The zero-order valence-electron chi connectivity index (χ0n) is 8.72. The van der Waals surface area contributed by atoms with Crippen LogP contribution >= 0.6 is 0 Å². The van der Waals surface area contributed by atoms with E-state index in [-0.39, 0.29) is 30.5 Å². The second kappa shape index (κ2) is 8.82. The fourth-order valence-electron chi connectivity index (χ4n) is 1.11. The standard InChI is InChI=1S/C8H18N.CH3.Mg/c1-6-9(7(2)3)8(4)5;;/h7-8H,1,6H2,2-5H3;1H3;/q2*-1;+2. The minimum absolute atomic E-state index is 0. The van der Waals surface area contributed by atoms with Crippen molar-refractivity contribution in [2.45, 2.75) is 39.8 Å². The average molecular weight is 168 g/mol. The number of hydrogen-bond donors (Lipinski definition) is 0. The summed E-state index contributed by atoms with van der Waals surface area (Å²) in [6.07, 6.45) is 0. The quantitative estimate of drug-likeness (QED) is 0.459. The molecule has 0 heterocycles. The molecule has 11 heavy (non-hydrogen) atoms. The molecule has 2 heteroatoms. The van der Waals surface area contributed by atoms with Gasteiger partial charge < -0.3 is 19.3 Å².